The van der Waals surface area contributed by atoms with Crippen molar-refractivity contribution in [2.75, 3.05) is 17.6 Å². The topological polar surface area (TPSA) is 89.6 Å². The zero-order valence-corrected chi connectivity index (χ0v) is 8.44. The molecule has 0 radical (unpaired) electrons. The van der Waals surface area contributed by atoms with Gasteiger partial charge in [-0.15, -0.1) is 0 Å². The predicted octanol–water partition coefficient (Wildman–Crippen LogP) is 0.824. The third-order valence-electron chi connectivity index (χ3n) is 1.99. The molecule has 0 aromatic carbocycles. The van der Waals surface area contributed by atoms with Crippen LogP contribution in [0.1, 0.15) is 13.3 Å². The first-order valence-corrected chi connectivity index (χ1v) is 4.78. The molecule has 0 spiro atoms. The quantitative estimate of drug-likeness (QED) is 0.769. The molecule has 0 amide bonds. The molecule has 0 aliphatic rings. The highest BCUT2D eigenvalue weighted by Gasteiger charge is 2.06. The summed E-state index contributed by atoms with van der Waals surface area (Å²) in [6.45, 7) is 2.93. The molecule has 6 nitrogen and oxygen atoms in total. The first kappa shape index (κ1) is 9.57. The molecule has 0 saturated heterocycles. The lowest BCUT2D eigenvalue weighted by atomic mass is 10.3. The van der Waals surface area contributed by atoms with Crippen LogP contribution in [0.3, 0.4) is 0 Å². The average molecular weight is 204 g/mol. The molecule has 3 N–H and O–H groups in total. The number of fused-ring (bicyclic) bond motifs is 1. The maximum absolute atomic E-state index is 5.68. The summed E-state index contributed by atoms with van der Waals surface area (Å²) in [4.78, 5) is 16.2. The van der Waals surface area contributed by atoms with Gasteiger partial charge in [-0.05, 0) is 6.42 Å². The van der Waals surface area contributed by atoms with Crippen molar-refractivity contribution in [3.63, 3.8) is 0 Å². The number of hydrogen-bond acceptors (Lipinski definition) is 6. The molecule has 15 heavy (non-hydrogen) atoms. The van der Waals surface area contributed by atoms with Crippen molar-refractivity contribution >= 4 is 22.7 Å². The van der Waals surface area contributed by atoms with Crippen LogP contribution in [0.15, 0.2) is 12.7 Å². The van der Waals surface area contributed by atoms with E-state index in [0.717, 1.165) is 13.0 Å². The van der Waals surface area contributed by atoms with E-state index in [0.29, 0.717) is 22.7 Å². The highest BCUT2D eigenvalue weighted by molar-refractivity contribution is 5.90. The second kappa shape index (κ2) is 4.04. The highest BCUT2D eigenvalue weighted by Crippen LogP contribution is 2.18. The summed E-state index contributed by atoms with van der Waals surface area (Å²) in [5.41, 5.74) is 6.94. The standard InChI is InChI=1S/C9H12N6/c1-2-3-11-9-7-6(12-5-15-9)8(10)14-4-13-7/h4-5H,2-3H2,1H3,(H2,10,13,14)(H,11,12,15). The Bertz CT molecular complexity index is 469. The number of nitrogens with one attached hydrogen (secondary N) is 1. The van der Waals surface area contributed by atoms with Gasteiger partial charge in [0.1, 0.15) is 23.7 Å². The van der Waals surface area contributed by atoms with Gasteiger partial charge in [-0.3, -0.25) is 0 Å². The van der Waals surface area contributed by atoms with Crippen LogP contribution in [0.5, 0.6) is 0 Å². The molecule has 2 aromatic rings. The van der Waals surface area contributed by atoms with E-state index >= 15 is 0 Å². The number of hydrogen-bond donors (Lipinski definition) is 2. The fourth-order valence-corrected chi connectivity index (χ4v) is 1.27. The molecule has 2 heterocycles. The number of aromatic nitrogens is 4. The minimum absolute atomic E-state index is 0.377. The Kier molecular flexibility index (Phi) is 2.57. The third-order valence-corrected chi connectivity index (χ3v) is 1.99. The molecule has 2 rings (SSSR count). The molecular weight excluding hydrogens is 192 g/mol. The molecule has 2 aromatic heterocycles. The molecule has 0 aliphatic heterocycles. The number of anilines is 2. The van der Waals surface area contributed by atoms with Gasteiger partial charge in [0.25, 0.3) is 0 Å². The van der Waals surface area contributed by atoms with Gasteiger partial charge in [-0.2, -0.15) is 0 Å². The van der Waals surface area contributed by atoms with Crippen LogP contribution in [-0.2, 0) is 0 Å². The summed E-state index contributed by atoms with van der Waals surface area (Å²) in [6.07, 6.45) is 3.89. The monoisotopic (exact) mass is 204 g/mol. The Morgan fingerprint density at radius 1 is 1.13 bits per heavy atom. The second-order valence-corrected chi connectivity index (χ2v) is 3.11. The normalized spacial score (nSPS) is 10.5. The van der Waals surface area contributed by atoms with E-state index < -0.39 is 0 Å². The summed E-state index contributed by atoms with van der Waals surface area (Å²) in [7, 11) is 0. The van der Waals surface area contributed by atoms with E-state index in [2.05, 4.69) is 32.2 Å². The van der Waals surface area contributed by atoms with Gasteiger partial charge in [0.05, 0.1) is 0 Å². The van der Waals surface area contributed by atoms with Gasteiger partial charge in [0.2, 0.25) is 0 Å². The molecule has 0 saturated carbocycles. The van der Waals surface area contributed by atoms with Crippen molar-refractivity contribution in [1.29, 1.82) is 0 Å². The van der Waals surface area contributed by atoms with Gasteiger partial charge < -0.3 is 11.1 Å². The van der Waals surface area contributed by atoms with Gasteiger partial charge in [-0.1, -0.05) is 6.92 Å². The smallest absolute Gasteiger partial charge is 0.156 e. The van der Waals surface area contributed by atoms with Gasteiger partial charge in [0, 0.05) is 6.54 Å². The Hall–Kier alpha value is -1.98. The van der Waals surface area contributed by atoms with Crippen molar-refractivity contribution in [2.45, 2.75) is 13.3 Å². The van der Waals surface area contributed by atoms with Crippen molar-refractivity contribution in [2.24, 2.45) is 0 Å². The van der Waals surface area contributed by atoms with Crippen LogP contribution in [0.25, 0.3) is 11.0 Å². The third kappa shape index (κ3) is 1.78. The fourth-order valence-electron chi connectivity index (χ4n) is 1.27. The van der Waals surface area contributed by atoms with Crippen molar-refractivity contribution in [3.8, 4) is 0 Å². The summed E-state index contributed by atoms with van der Waals surface area (Å²) in [5, 5.41) is 3.17. The molecule has 0 aliphatic carbocycles. The first-order chi connectivity index (χ1) is 7.33. The predicted molar refractivity (Wildman–Crippen MR) is 58.3 cm³/mol. The van der Waals surface area contributed by atoms with Crippen LogP contribution in [-0.4, -0.2) is 26.5 Å². The molecule has 0 unspecified atom stereocenters. The van der Waals surface area contributed by atoms with Gasteiger partial charge in [-0.25, -0.2) is 19.9 Å². The number of nitrogens with two attached hydrogens (primary N) is 1. The molecule has 0 atom stereocenters. The lowest BCUT2D eigenvalue weighted by molar-refractivity contribution is 0.967. The summed E-state index contributed by atoms with van der Waals surface area (Å²) >= 11 is 0. The molecule has 0 bridgehead atoms. The Balaban J connectivity index is 2.51. The fraction of sp³-hybridized carbons (Fsp3) is 0.333. The largest absolute Gasteiger partial charge is 0.382 e. The van der Waals surface area contributed by atoms with E-state index in [-0.39, 0.29) is 0 Å². The average Bonchev–Trinajstić information content (AvgIpc) is 2.27. The zero-order valence-electron chi connectivity index (χ0n) is 8.44. The molecular formula is C9H12N6. The maximum atomic E-state index is 5.68. The lowest BCUT2D eigenvalue weighted by Gasteiger charge is -2.06. The van der Waals surface area contributed by atoms with E-state index in [1.165, 1.54) is 12.7 Å². The van der Waals surface area contributed by atoms with Crippen molar-refractivity contribution < 1.29 is 0 Å². The highest BCUT2D eigenvalue weighted by atomic mass is 15.1. The molecule has 6 heteroatoms. The zero-order chi connectivity index (χ0) is 10.7. The molecule has 78 valence electrons. The Morgan fingerprint density at radius 3 is 2.67 bits per heavy atom. The SMILES string of the molecule is CCCNc1ncnc2c(N)ncnc12. The van der Waals surface area contributed by atoms with E-state index in [9.17, 15) is 0 Å². The van der Waals surface area contributed by atoms with Gasteiger partial charge in [0.15, 0.2) is 11.6 Å². The van der Waals surface area contributed by atoms with Crippen LogP contribution >= 0.6 is 0 Å². The number of rotatable bonds is 3. The maximum Gasteiger partial charge on any atom is 0.156 e. The van der Waals surface area contributed by atoms with Crippen LogP contribution in [0.4, 0.5) is 11.6 Å². The number of nitrogen functional groups attached to an aromatic ring is 1. The second-order valence-electron chi connectivity index (χ2n) is 3.11. The Labute approximate surface area is 87.0 Å². The summed E-state index contributed by atoms with van der Waals surface area (Å²) in [6, 6.07) is 0. The van der Waals surface area contributed by atoms with Crippen molar-refractivity contribution in [1.82, 2.24) is 19.9 Å². The van der Waals surface area contributed by atoms with Crippen molar-refractivity contribution in [3.05, 3.63) is 12.7 Å². The number of nitrogens with zero attached hydrogens (tertiary/aromatic N) is 4. The molecule has 0 fully saturated rings. The van der Waals surface area contributed by atoms with Crippen LogP contribution in [0, 0.1) is 0 Å². The lowest BCUT2D eigenvalue weighted by Crippen LogP contribution is -2.05. The Morgan fingerprint density at radius 2 is 1.87 bits per heavy atom. The van der Waals surface area contributed by atoms with E-state index in [1.807, 2.05) is 0 Å². The van der Waals surface area contributed by atoms with Crippen LogP contribution < -0.4 is 11.1 Å². The van der Waals surface area contributed by atoms with Gasteiger partial charge >= 0.3 is 0 Å². The summed E-state index contributed by atoms with van der Waals surface area (Å²) < 4.78 is 0. The van der Waals surface area contributed by atoms with E-state index in [4.69, 9.17) is 5.73 Å². The summed E-state index contributed by atoms with van der Waals surface area (Å²) in [5.74, 6) is 1.08. The minimum Gasteiger partial charge on any atom is -0.382 e. The van der Waals surface area contributed by atoms with Crippen LogP contribution in [0.2, 0.25) is 0 Å². The first-order valence-electron chi connectivity index (χ1n) is 4.78. The minimum atomic E-state index is 0.377. The van der Waals surface area contributed by atoms with E-state index in [1.54, 1.807) is 0 Å².